The molecule has 1 fully saturated rings. The Balaban J connectivity index is 2.22. The first-order valence-electron chi connectivity index (χ1n) is 6.39. The van der Waals surface area contributed by atoms with Gasteiger partial charge in [0.15, 0.2) is 11.5 Å². The van der Waals surface area contributed by atoms with Crippen LogP contribution in [0.5, 0.6) is 11.5 Å². The lowest BCUT2D eigenvalue weighted by molar-refractivity contribution is 0.182. The van der Waals surface area contributed by atoms with Crippen LogP contribution in [0.4, 0.5) is 0 Å². The van der Waals surface area contributed by atoms with Crippen molar-refractivity contribution in [1.29, 1.82) is 0 Å². The SMILES string of the molecule is COc1cccc(C(C)N)c1OC1CCSCC1. The Bertz CT molecular complexity index is 389. The van der Waals surface area contributed by atoms with Gasteiger partial charge in [-0.25, -0.2) is 0 Å². The first-order valence-corrected chi connectivity index (χ1v) is 7.54. The maximum atomic E-state index is 6.15. The molecule has 1 aliphatic rings. The number of para-hydroxylation sites is 1. The molecule has 3 nitrogen and oxygen atoms in total. The molecule has 1 aromatic carbocycles. The number of thioether (sulfide) groups is 1. The van der Waals surface area contributed by atoms with Gasteiger partial charge in [-0.2, -0.15) is 11.8 Å². The summed E-state index contributed by atoms with van der Waals surface area (Å²) in [7, 11) is 1.67. The van der Waals surface area contributed by atoms with E-state index in [2.05, 4.69) is 0 Å². The summed E-state index contributed by atoms with van der Waals surface area (Å²) in [4.78, 5) is 0. The molecule has 1 atom stereocenters. The average Bonchev–Trinajstić information content (AvgIpc) is 2.40. The fraction of sp³-hybridized carbons (Fsp3) is 0.571. The summed E-state index contributed by atoms with van der Waals surface area (Å²) in [5.74, 6) is 3.95. The predicted octanol–water partition coefficient (Wildman–Crippen LogP) is 2.99. The molecule has 0 aromatic heterocycles. The van der Waals surface area contributed by atoms with Crippen molar-refractivity contribution in [3.8, 4) is 11.5 Å². The smallest absolute Gasteiger partial charge is 0.166 e. The van der Waals surface area contributed by atoms with Crippen LogP contribution >= 0.6 is 11.8 Å². The number of hydrogen-bond acceptors (Lipinski definition) is 4. The quantitative estimate of drug-likeness (QED) is 0.911. The summed E-state index contributed by atoms with van der Waals surface area (Å²) >= 11 is 1.99. The van der Waals surface area contributed by atoms with E-state index in [0.29, 0.717) is 6.10 Å². The molecular weight excluding hydrogens is 246 g/mol. The van der Waals surface area contributed by atoms with Crippen LogP contribution in [0.2, 0.25) is 0 Å². The minimum atomic E-state index is -0.0481. The van der Waals surface area contributed by atoms with Crippen LogP contribution < -0.4 is 15.2 Å². The fourth-order valence-electron chi connectivity index (χ4n) is 2.14. The molecule has 18 heavy (non-hydrogen) atoms. The Hall–Kier alpha value is -0.870. The van der Waals surface area contributed by atoms with E-state index in [0.717, 1.165) is 29.9 Å². The van der Waals surface area contributed by atoms with E-state index in [1.165, 1.54) is 11.5 Å². The van der Waals surface area contributed by atoms with Crippen LogP contribution in [0.1, 0.15) is 31.4 Å². The monoisotopic (exact) mass is 267 g/mol. The molecule has 100 valence electrons. The maximum absolute atomic E-state index is 6.15. The highest BCUT2D eigenvalue weighted by molar-refractivity contribution is 7.99. The van der Waals surface area contributed by atoms with Crippen LogP contribution in [-0.2, 0) is 0 Å². The van der Waals surface area contributed by atoms with Gasteiger partial charge in [0.05, 0.1) is 7.11 Å². The predicted molar refractivity (Wildman–Crippen MR) is 76.6 cm³/mol. The molecule has 2 N–H and O–H groups in total. The molecule has 1 unspecified atom stereocenters. The van der Waals surface area contributed by atoms with Gasteiger partial charge in [0.2, 0.25) is 0 Å². The zero-order valence-electron chi connectivity index (χ0n) is 11.0. The summed E-state index contributed by atoms with van der Waals surface area (Å²) in [6, 6.07) is 5.85. The van der Waals surface area contributed by atoms with Crippen molar-refractivity contribution in [1.82, 2.24) is 0 Å². The zero-order chi connectivity index (χ0) is 13.0. The molecule has 1 saturated heterocycles. The molecule has 0 aliphatic carbocycles. The van der Waals surface area contributed by atoms with Crippen LogP contribution in [-0.4, -0.2) is 24.7 Å². The summed E-state index contributed by atoms with van der Waals surface area (Å²) in [6.45, 7) is 1.97. The normalized spacial score (nSPS) is 18.4. The molecule has 1 aliphatic heterocycles. The third-order valence-corrected chi connectivity index (χ3v) is 4.22. The molecule has 4 heteroatoms. The number of hydrogen-bond donors (Lipinski definition) is 1. The van der Waals surface area contributed by atoms with E-state index in [4.69, 9.17) is 15.2 Å². The van der Waals surface area contributed by atoms with Gasteiger partial charge in [0, 0.05) is 11.6 Å². The van der Waals surface area contributed by atoms with Gasteiger partial charge in [0.25, 0.3) is 0 Å². The van der Waals surface area contributed by atoms with Gasteiger partial charge in [-0.15, -0.1) is 0 Å². The first kappa shape index (κ1) is 13.6. The Morgan fingerprint density at radius 1 is 1.33 bits per heavy atom. The van der Waals surface area contributed by atoms with E-state index >= 15 is 0 Å². The molecular formula is C14H21NO2S. The van der Waals surface area contributed by atoms with Crippen molar-refractivity contribution in [3.63, 3.8) is 0 Å². The number of benzene rings is 1. The molecule has 0 bridgehead atoms. The minimum Gasteiger partial charge on any atom is -0.493 e. The van der Waals surface area contributed by atoms with Gasteiger partial charge in [-0.1, -0.05) is 12.1 Å². The third-order valence-electron chi connectivity index (χ3n) is 3.17. The molecule has 0 radical (unpaired) electrons. The standard InChI is InChI=1S/C14H21NO2S/c1-10(15)12-4-3-5-13(16-2)14(12)17-11-6-8-18-9-7-11/h3-5,10-11H,6-9,15H2,1-2H3. The molecule has 1 heterocycles. The Labute approximate surface area is 113 Å². The van der Waals surface area contributed by atoms with Gasteiger partial charge >= 0.3 is 0 Å². The lowest BCUT2D eigenvalue weighted by Crippen LogP contribution is -2.23. The maximum Gasteiger partial charge on any atom is 0.166 e. The highest BCUT2D eigenvalue weighted by Crippen LogP contribution is 2.36. The Morgan fingerprint density at radius 2 is 2.06 bits per heavy atom. The summed E-state index contributed by atoms with van der Waals surface area (Å²) in [5.41, 5.74) is 7.02. The lowest BCUT2D eigenvalue weighted by Gasteiger charge is -2.26. The van der Waals surface area contributed by atoms with Gasteiger partial charge in [-0.3, -0.25) is 0 Å². The van der Waals surface area contributed by atoms with Crippen LogP contribution in [0, 0.1) is 0 Å². The van der Waals surface area contributed by atoms with Crippen LogP contribution in [0.25, 0.3) is 0 Å². The van der Waals surface area contributed by atoms with Crippen molar-refractivity contribution in [2.45, 2.75) is 31.9 Å². The number of rotatable bonds is 4. The topological polar surface area (TPSA) is 44.5 Å². The van der Waals surface area contributed by atoms with E-state index in [9.17, 15) is 0 Å². The number of nitrogens with two attached hydrogens (primary N) is 1. The second-order valence-electron chi connectivity index (χ2n) is 4.60. The van der Waals surface area contributed by atoms with Gasteiger partial charge in [0.1, 0.15) is 6.10 Å². The number of methoxy groups -OCH3 is 1. The summed E-state index contributed by atoms with van der Waals surface area (Å²) in [6.07, 6.45) is 2.49. The summed E-state index contributed by atoms with van der Waals surface area (Å²) in [5, 5.41) is 0. The van der Waals surface area contributed by atoms with Crippen molar-refractivity contribution < 1.29 is 9.47 Å². The van der Waals surface area contributed by atoms with E-state index < -0.39 is 0 Å². The molecule has 1 aromatic rings. The molecule has 0 spiro atoms. The van der Waals surface area contributed by atoms with E-state index in [-0.39, 0.29) is 6.04 Å². The number of ether oxygens (including phenoxy) is 2. The van der Waals surface area contributed by atoms with E-state index in [1.807, 2.05) is 36.9 Å². The fourth-order valence-corrected chi connectivity index (χ4v) is 3.20. The second-order valence-corrected chi connectivity index (χ2v) is 5.82. The average molecular weight is 267 g/mol. The Kier molecular flexibility index (Phi) is 4.78. The van der Waals surface area contributed by atoms with Crippen molar-refractivity contribution >= 4 is 11.8 Å². The molecule has 2 rings (SSSR count). The second kappa shape index (κ2) is 6.34. The largest absolute Gasteiger partial charge is 0.493 e. The highest BCUT2D eigenvalue weighted by atomic mass is 32.2. The zero-order valence-corrected chi connectivity index (χ0v) is 11.8. The van der Waals surface area contributed by atoms with Gasteiger partial charge in [-0.05, 0) is 37.3 Å². The summed E-state index contributed by atoms with van der Waals surface area (Å²) < 4.78 is 11.5. The van der Waals surface area contributed by atoms with Gasteiger partial charge < -0.3 is 15.2 Å². The van der Waals surface area contributed by atoms with Crippen molar-refractivity contribution in [2.24, 2.45) is 5.73 Å². The van der Waals surface area contributed by atoms with Crippen LogP contribution in [0.3, 0.4) is 0 Å². The molecule has 0 saturated carbocycles. The lowest BCUT2D eigenvalue weighted by atomic mass is 10.1. The highest BCUT2D eigenvalue weighted by Gasteiger charge is 2.20. The molecule has 0 amide bonds. The van der Waals surface area contributed by atoms with Crippen molar-refractivity contribution in [3.05, 3.63) is 23.8 Å². The first-order chi connectivity index (χ1) is 8.72. The van der Waals surface area contributed by atoms with Crippen molar-refractivity contribution in [2.75, 3.05) is 18.6 Å². The Morgan fingerprint density at radius 3 is 2.67 bits per heavy atom. The van der Waals surface area contributed by atoms with E-state index in [1.54, 1.807) is 7.11 Å². The van der Waals surface area contributed by atoms with Crippen LogP contribution in [0.15, 0.2) is 18.2 Å². The third kappa shape index (κ3) is 3.12. The minimum absolute atomic E-state index is 0.0481.